The average molecular weight is 273 g/mol. The summed E-state index contributed by atoms with van der Waals surface area (Å²) in [7, 11) is 0. The quantitative estimate of drug-likeness (QED) is 0.722. The maximum atomic E-state index is 12.0. The topological polar surface area (TPSA) is 89.4 Å². The Morgan fingerprint density at radius 2 is 2.00 bits per heavy atom. The van der Waals surface area contributed by atoms with Crippen LogP contribution in [0.15, 0.2) is 0 Å². The number of hydrogen-bond donors (Lipinski definition) is 2. The van der Waals surface area contributed by atoms with Gasteiger partial charge in [0.25, 0.3) is 0 Å². The first-order chi connectivity index (χ1) is 8.54. The molecule has 0 saturated carbocycles. The van der Waals surface area contributed by atoms with E-state index in [1.54, 1.807) is 11.8 Å². The molecule has 1 aliphatic heterocycles. The molecule has 0 unspecified atom stereocenters. The molecule has 1 rings (SSSR count). The predicted octanol–water partition coefficient (Wildman–Crippen LogP) is 0.181. The van der Waals surface area contributed by atoms with E-state index in [4.69, 9.17) is 11.5 Å². The summed E-state index contributed by atoms with van der Waals surface area (Å²) in [6, 6.07) is -0.384. The van der Waals surface area contributed by atoms with Gasteiger partial charge in [-0.25, -0.2) is 0 Å². The van der Waals surface area contributed by atoms with Crippen molar-refractivity contribution in [2.75, 3.05) is 25.1 Å². The molecule has 4 N–H and O–H groups in total. The van der Waals surface area contributed by atoms with E-state index < -0.39 is 0 Å². The maximum Gasteiger partial charge on any atom is 0.239 e. The second-order valence-electron chi connectivity index (χ2n) is 4.83. The lowest BCUT2D eigenvalue weighted by Crippen LogP contribution is -2.47. The van der Waals surface area contributed by atoms with E-state index in [9.17, 15) is 9.59 Å². The van der Waals surface area contributed by atoms with Gasteiger partial charge in [-0.1, -0.05) is 0 Å². The fourth-order valence-electron chi connectivity index (χ4n) is 2.24. The van der Waals surface area contributed by atoms with Crippen LogP contribution >= 0.6 is 11.8 Å². The van der Waals surface area contributed by atoms with Gasteiger partial charge in [-0.15, -0.1) is 0 Å². The molecule has 0 aromatic heterocycles. The third-order valence-electron chi connectivity index (χ3n) is 3.37. The van der Waals surface area contributed by atoms with Gasteiger partial charge >= 0.3 is 0 Å². The lowest BCUT2D eigenvalue weighted by molar-refractivity contribution is -0.134. The Kier molecular flexibility index (Phi) is 6.49. The van der Waals surface area contributed by atoms with Gasteiger partial charge < -0.3 is 16.4 Å². The number of hydrogen-bond acceptors (Lipinski definition) is 4. The average Bonchev–Trinajstić information content (AvgIpc) is 2.35. The monoisotopic (exact) mass is 273 g/mol. The van der Waals surface area contributed by atoms with Crippen LogP contribution in [0, 0.1) is 5.92 Å². The number of rotatable bonds is 6. The Morgan fingerprint density at radius 1 is 1.39 bits per heavy atom. The SMILES string of the molecule is CSCC[C@@H](N)C(=O)N1CCC(CC(N)=O)CC1. The number of nitrogens with zero attached hydrogens (tertiary/aromatic N) is 1. The van der Waals surface area contributed by atoms with Gasteiger partial charge in [0.1, 0.15) is 0 Å². The number of carbonyl (C=O) groups is 2. The van der Waals surface area contributed by atoms with Crippen molar-refractivity contribution in [2.45, 2.75) is 31.7 Å². The maximum absolute atomic E-state index is 12.0. The number of nitrogens with two attached hydrogens (primary N) is 2. The third kappa shape index (κ3) is 4.86. The van der Waals surface area contributed by atoms with Gasteiger partial charge in [0.2, 0.25) is 11.8 Å². The Bertz CT molecular complexity index is 291. The second-order valence-corrected chi connectivity index (χ2v) is 5.81. The van der Waals surface area contributed by atoms with E-state index in [2.05, 4.69) is 0 Å². The molecule has 0 aromatic rings. The summed E-state index contributed by atoms with van der Waals surface area (Å²) in [6.45, 7) is 1.40. The molecule has 0 radical (unpaired) electrons. The van der Waals surface area contributed by atoms with E-state index in [1.165, 1.54) is 0 Å². The van der Waals surface area contributed by atoms with Crippen molar-refractivity contribution in [1.82, 2.24) is 4.90 Å². The van der Waals surface area contributed by atoms with Crippen LogP contribution in [-0.4, -0.2) is 47.9 Å². The lowest BCUT2D eigenvalue weighted by atomic mass is 9.93. The van der Waals surface area contributed by atoms with E-state index in [1.807, 2.05) is 11.2 Å². The standard InChI is InChI=1S/C12H23N3O2S/c1-18-7-4-10(13)12(17)15-5-2-9(3-6-15)8-11(14)16/h9-10H,2-8,13H2,1H3,(H2,14,16)/t10-/m1/s1. The minimum Gasteiger partial charge on any atom is -0.370 e. The zero-order valence-electron chi connectivity index (χ0n) is 10.9. The molecule has 104 valence electrons. The largest absolute Gasteiger partial charge is 0.370 e. The number of likely N-dealkylation sites (tertiary alicyclic amines) is 1. The van der Waals surface area contributed by atoms with E-state index in [0.29, 0.717) is 25.4 Å². The number of thioether (sulfide) groups is 1. The Balaban J connectivity index is 2.33. The van der Waals surface area contributed by atoms with Crippen LogP contribution in [0.25, 0.3) is 0 Å². The smallest absolute Gasteiger partial charge is 0.239 e. The van der Waals surface area contributed by atoms with Gasteiger partial charge in [0.05, 0.1) is 6.04 Å². The molecular formula is C12H23N3O2S. The molecule has 2 amide bonds. The lowest BCUT2D eigenvalue weighted by Gasteiger charge is -2.33. The summed E-state index contributed by atoms with van der Waals surface area (Å²) in [6.07, 6.45) is 4.86. The van der Waals surface area contributed by atoms with Gasteiger partial charge in [-0.2, -0.15) is 11.8 Å². The van der Waals surface area contributed by atoms with Crippen LogP contribution in [0.4, 0.5) is 0 Å². The highest BCUT2D eigenvalue weighted by atomic mass is 32.2. The van der Waals surface area contributed by atoms with Crippen LogP contribution in [0.5, 0.6) is 0 Å². The summed E-state index contributed by atoms with van der Waals surface area (Å²) < 4.78 is 0. The summed E-state index contributed by atoms with van der Waals surface area (Å²) in [5, 5.41) is 0. The van der Waals surface area contributed by atoms with Crippen molar-refractivity contribution in [3.05, 3.63) is 0 Å². The zero-order valence-corrected chi connectivity index (χ0v) is 11.7. The first-order valence-corrected chi connectivity index (χ1v) is 7.75. The number of primary amides is 1. The number of carbonyl (C=O) groups excluding carboxylic acids is 2. The van der Waals surface area contributed by atoms with Crippen molar-refractivity contribution in [3.63, 3.8) is 0 Å². The van der Waals surface area contributed by atoms with E-state index >= 15 is 0 Å². The minimum absolute atomic E-state index is 0.0431. The first-order valence-electron chi connectivity index (χ1n) is 6.36. The summed E-state index contributed by atoms with van der Waals surface area (Å²) in [5.41, 5.74) is 11.0. The molecule has 1 fully saturated rings. The second kappa shape index (κ2) is 7.63. The highest BCUT2D eigenvalue weighted by molar-refractivity contribution is 7.98. The van der Waals surface area contributed by atoms with E-state index in [-0.39, 0.29) is 17.9 Å². The van der Waals surface area contributed by atoms with Crippen LogP contribution in [0.1, 0.15) is 25.7 Å². The molecule has 0 spiro atoms. The first kappa shape index (κ1) is 15.3. The summed E-state index contributed by atoms with van der Waals surface area (Å²) in [5.74, 6) is 1.03. The molecule has 0 aliphatic carbocycles. The Labute approximate surface area is 113 Å². The van der Waals surface area contributed by atoms with Gasteiger partial charge in [-0.05, 0) is 37.2 Å². The molecule has 0 bridgehead atoms. The molecule has 6 heteroatoms. The van der Waals surface area contributed by atoms with E-state index in [0.717, 1.165) is 25.0 Å². The minimum atomic E-state index is -0.384. The molecule has 1 aliphatic rings. The zero-order chi connectivity index (χ0) is 13.5. The van der Waals surface area contributed by atoms with Crippen molar-refractivity contribution in [3.8, 4) is 0 Å². The van der Waals surface area contributed by atoms with Crippen LogP contribution < -0.4 is 11.5 Å². The number of piperidine rings is 1. The molecular weight excluding hydrogens is 250 g/mol. The van der Waals surface area contributed by atoms with Crippen molar-refractivity contribution >= 4 is 23.6 Å². The third-order valence-corrected chi connectivity index (χ3v) is 4.01. The van der Waals surface area contributed by atoms with Crippen molar-refractivity contribution in [1.29, 1.82) is 0 Å². The molecule has 1 atom stereocenters. The van der Waals surface area contributed by atoms with Gasteiger partial charge in [0.15, 0.2) is 0 Å². The Morgan fingerprint density at radius 3 is 2.50 bits per heavy atom. The summed E-state index contributed by atoms with van der Waals surface area (Å²) >= 11 is 1.70. The molecule has 1 saturated heterocycles. The molecule has 0 aromatic carbocycles. The van der Waals surface area contributed by atoms with Gasteiger partial charge in [-0.3, -0.25) is 9.59 Å². The fraction of sp³-hybridized carbons (Fsp3) is 0.833. The highest BCUT2D eigenvalue weighted by Crippen LogP contribution is 2.20. The molecule has 18 heavy (non-hydrogen) atoms. The van der Waals surface area contributed by atoms with Crippen molar-refractivity contribution < 1.29 is 9.59 Å². The summed E-state index contributed by atoms with van der Waals surface area (Å²) in [4.78, 5) is 24.7. The normalized spacial score (nSPS) is 18.7. The molecule has 1 heterocycles. The van der Waals surface area contributed by atoms with Crippen molar-refractivity contribution in [2.24, 2.45) is 17.4 Å². The highest BCUT2D eigenvalue weighted by Gasteiger charge is 2.26. The predicted molar refractivity (Wildman–Crippen MR) is 74.1 cm³/mol. The van der Waals surface area contributed by atoms with Crippen LogP contribution in [0.2, 0.25) is 0 Å². The fourth-order valence-corrected chi connectivity index (χ4v) is 2.73. The van der Waals surface area contributed by atoms with Crippen LogP contribution in [-0.2, 0) is 9.59 Å². The van der Waals surface area contributed by atoms with Crippen LogP contribution in [0.3, 0.4) is 0 Å². The number of amides is 2. The molecule has 5 nitrogen and oxygen atoms in total. The van der Waals surface area contributed by atoms with Gasteiger partial charge in [0, 0.05) is 19.5 Å². The Hall–Kier alpha value is -0.750.